The van der Waals surface area contributed by atoms with Crippen molar-refractivity contribution in [2.24, 2.45) is 5.41 Å². The average Bonchev–Trinajstić information content (AvgIpc) is 2.76. The number of likely N-dealkylation sites (N-methyl/N-ethyl adjacent to an activating group) is 1. The minimum absolute atomic E-state index is 0.0380. The van der Waals surface area contributed by atoms with E-state index < -0.39 is 0 Å². The van der Waals surface area contributed by atoms with Gasteiger partial charge in [-0.2, -0.15) is 0 Å². The molecule has 1 aliphatic rings. The molecule has 4 heteroatoms. The Morgan fingerprint density at radius 2 is 1.81 bits per heavy atom. The molecule has 0 radical (unpaired) electrons. The molecule has 0 aromatic heterocycles. The van der Waals surface area contributed by atoms with Crippen molar-refractivity contribution in [2.75, 3.05) is 14.2 Å². The second-order valence-electron chi connectivity index (χ2n) is 6.44. The number of hydroxylamine groups is 2. The Morgan fingerprint density at radius 3 is 2.29 bits per heavy atom. The van der Waals surface area contributed by atoms with Crippen molar-refractivity contribution in [3.63, 3.8) is 0 Å². The van der Waals surface area contributed by atoms with Crippen LogP contribution < -0.4 is 0 Å². The molecule has 0 saturated heterocycles. The van der Waals surface area contributed by atoms with Crippen LogP contribution in [0.5, 0.6) is 0 Å². The van der Waals surface area contributed by atoms with Crippen LogP contribution in [0.3, 0.4) is 0 Å². The number of hydrogen-bond donors (Lipinski definition) is 0. The van der Waals surface area contributed by atoms with E-state index in [1.807, 2.05) is 12.1 Å². The predicted molar refractivity (Wildman–Crippen MR) is 81.3 cm³/mol. The van der Waals surface area contributed by atoms with Crippen molar-refractivity contribution >= 4 is 4.57 Å². The summed E-state index contributed by atoms with van der Waals surface area (Å²) >= 11 is 3.03. The maximum absolute atomic E-state index is 6.05. The molecule has 114 valence electrons. The molecular weight excluding hydrogens is 302 g/mol. The molecule has 0 bridgehead atoms. The van der Waals surface area contributed by atoms with Crippen LogP contribution in [0.25, 0.3) is 0 Å². The van der Waals surface area contributed by atoms with Crippen LogP contribution in [0.1, 0.15) is 37.9 Å². The normalized spacial score (nSPS) is 19.8. The van der Waals surface area contributed by atoms with Crippen LogP contribution in [0, 0.1) is 12.3 Å². The number of aryl methyl sites for hydroxylation is 1. The van der Waals surface area contributed by atoms with Gasteiger partial charge in [0.05, 0.1) is 0 Å². The number of benzene rings is 1. The first-order valence-electron chi connectivity index (χ1n) is 7.06. The zero-order valence-corrected chi connectivity index (χ0v) is 14.8. The van der Waals surface area contributed by atoms with E-state index in [0.29, 0.717) is 0 Å². The van der Waals surface area contributed by atoms with Gasteiger partial charge in [0.1, 0.15) is 0 Å². The average molecular weight is 325 g/mol. The fraction of sp³-hybridized carbons (Fsp3) is 0.471. The summed E-state index contributed by atoms with van der Waals surface area (Å²) in [6.07, 6.45) is 0. The van der Waals surface area contributed by atoms with Crippen molar-refractivity contribution in [1.29, 1.82) is 0 Å². The number of hydrogen-bond acceptors (Lipinski definition) is 3. The van der Waals surface area contributed by atoms with E-state index in [-0.39, 0.29) is 11.5 Å². The second-order valence-corrected chi connectivity index (χ2v) is 7.01. The summed E-state index contributed by atoms with van der Waals surface area (Å²) < 4.78 is 6.27. The molecule has 0 spiro atoms. The summed E-state index contributed by atoms with van der Waals surface area (Å²) in [5.41, 5.74) is 3.44. The minimum atomic E-state index is -0.0866. The van der Waals surface area contributed by atoms with Gasteiger partial charge in [-0.3, -0.25) is 0 Å². The summed E-state index contributed by atoms with van der Waals surface area (Å²) in [7, 11) is 3.65. The number of methoxy groups -OCH3 is 1. The van der Waals surface area contributed by atoms with E-state index in [9.17, 15) is 0 Å². The molecule has 0 saturated carbocycles. The van der Waals surface area contributed by atoms with Crippen LogP contribution in [0.15, 0.2) is 35.6 Å². The Hall–Kier alpha value is -0.918. The van der Waals surface area contributed by atoms with Gasteiger partial charge in [0.15, 0.2) is 0 Å². The van der Waals surface area contributed by atoms with E-state index in [4.69, 9.17) is 9.57 Å². The first-order valence-corrected chi connectivity index (χ1v) is 7.69. The molecule has 0 fully saturated rings. The Bertz CT molecular complexity index is 569. The Labute approximate surface area is 135 Å². The molecule has 0 aliphatic carbocycles. The van der Waals surface area contributed by atoms with Gasteiger partial charge in [0.25, 0.3) is 0 Å². The fourth-order valence-electron chi connectivity index (χ4n) is 2.53. The first kappa shape index (κ1) is 16.5. The summed E-state index contributed by atoms with van der Waals surface area (Å²) in [5, 5.41) is 1.90. The van der Waals surface area contributed by atoms with Crippen molar-refractivity contribution in [3.8, 4) is 0 Å². The third-order valence-electron chi connectivity index (χ3n) is 3.60. The Morgan fingerprint density at radius 1 is 1.24 bits per heavy atom. The zero-order chi connectivity index (χ0) is 15.8. The van der Waals surface area contributed by atoms with Gasteiger partial charge in [0.2, 0.25) is 0 Å². The quantitative estimate of drug-likeness (QED) is 0.848. The third kappa shape index (κ3) is 3.30. The fourth-order valence-corrected chi connectivity index (χ4v) is 2.85. The van der Waals surface area contributed by atoms with Crippen LogP contribution in [-0.2, 0) is 25.4 Å². The summed E-state index contributed by atoms with van der Waals surface area (Å²) in [5.74, 6) is 0.950. The van der Waals surface area contributed by atoms with Crippen molar-refractivity contribution < 1.29 is 25.4 Å². The number of allylic oxidation sites excluding steroid dienone is 1. The molecule has 1 atom stereocenters. The van der Waals surface area contributed by atoms with Gasteiger partial charge in [-0.15, -0.1) is 0 Å². The van der Waals surface area contributed by atoms with Gasteiger partial charge in [-0.05, 0) is 0 Å². The molecular formula is C17H23CrNO2. The van der Waals surface area contributed by atoms with E-state index in [0.717, 1.165) is 15.9 Å². The molecule has 1 unspecified atom stereocenters. The van der Waals surface area contributed by atoms with E-state index in [2.05, 4.69) is 67.8 Å². The van der Waals surface area contributed by atoms with Gasteiger partial charge >= 0.3 is 135 Å². The van der Waals surface area contributed by atoms with Gasteiger partial charge < -0.3 is 0 Å². The molecule has 1 heterocycles. The van der Waals surface area contributed by atoms with Gasteiger partial charge in [0, 0.05) is 0 Å². The number of rotatable bonds is 3. The van der Waals surface area contributed by atoms with Gasteiger partial charge in [-0.1, -0.05) is 0 Å². The molecule has 1 aromatic rings. The maximum atomic E-state index is 6.05. The standard InChI is InChI=1S/C17H23NO2.Cr/c1-12-7-9-13(10-8-12)15-14(11-19-6)16(17(2,3)4)20-18(15)5;/h7-10,15H,1-6H3;. The van der Waals surface area contributed by atoms with Crippen LogP contribution in [0.2, 0.25) is 0 Å². The Kier molecular flexibility index (Phi) is 4.75. The molecule has 0 amide bonds. The zero-order valence-electron chi connectivity index (χ0n) is 13.6. The van der Waals surface area contributed by atoms with E-state index in [1.165, 1.54) is 11.1 Å². The van der Waals surface area contributed by atoms with E-state index >= 15 is 0 Å². The van der Waals surface area contributed by atoms with Gasteiger partial charge in [-0.25, -0.2) is 0 Å². The van der Waals surface area contributed by atoms with E-state index in [1.54, 1.807) is 7.11 Å². The van der Waals surface area contributed by atoms with Crippen molar-refractivity contribution in [2.45, 2.75) is 33.7 Å². The van der Waals surface area contributed by atoms with Crippen molar-refractivity contribution in [3.05, 3.63) is 46.7 Å². The molecule has 0 N–H and O–H groups in total. The van der Waals surface area contributed by atoms with Crippen LogP contribution >= 0.6 is 0 Å². The molecule has 2 rings (SSSR count). The number of nitrogens with zero attached hydrogens (tertiary/aromatic N) is 1. The summed E-state index contributed by atoms with van der Waals surface area (Å²) in [4.78, 5) is 6.05. The third-order valence-corrected chi connectivity index (χ3v) is 4.20. The van der Waals surface area contributed by atoms with Crippen molar-refractivity contribution in [1.82, 2.24) is 5.06 Å². The summed E-state index contributed by atoms with van der Waals surface area (Å²) in [6, 6.07) is 8.59. The SMILES string of the molecule is CO[C](=[Cr])C1=C(C(C)(C)C)ON(C)C1c1ccc(C)cc1. The molecule has 1 aliphatic heterocycles. The summed E-state index contributed by atoms with van der Waals surface area (Å²) in [6.45, 7) is 8.54. The Balaban J connectivity index is 2.55. The molecule has 21 heavy (non-hydrogen) atoms. The first-order chi connectivity index (χ1) is 9.75. The monoisotopic (exact) mass is 325 g/mol. The van der Waals surface area contributed by atoms with Crippen LogP contribution in [0.4, 0.5) is 0 Å². The molecule has 3 nitrogen and oxygen atoms in total. The second kappa shape index (κ2) is 6.06. The number of ether oxygens (including phenoxy) is 1. The topological polar surface area (TPSA) is 21.7 Å². The predicted octanol–water partition coefficient (Wildman–Crippen LogP) is 3.54. The van der Waals surface area contributed by atoms with Crippen LogP contribution in [-0.4, -0.2) is 23.8 Å². The molecule has 1 aromatic carbocycles.